The number of rotatable bonds is 66. The lowest BCUT2D eigenvalue weighted by atomic mass is 10.0. The maximum atomic E-state index is 12.9. The second-order valence-corrected chi connectivity index (χ2v) is 24.1. The molecule has 0 bridgehead atoms. The quantitative estimate of drug-likeness (QED) is 0.0261. The third kappa shape index (κ3) is 66.3. The summed E-state index contributed by atoms with van der Waals surface area (Å²) < 4.78 is 16.9. The van der Waals surface area contributed by atoms with E-state index in [4.69, 9.17) is 14.2 Å². The number of allylic oxidation sites excluding steroid dienone is 6. The molecule has 0 spiro atoms. The number of hydrogen-bond acceptors (Lipinski definition) is 6. The Morgan fingerprint density at radius 3 is 0.759 bits per heavy atom. The first-order valence-electron chi connectivity index (χ1n) is 35.5. The standard InChI is InChI=1S/C73H136O6/c1-4-7-10-13-16-19-22-24-26-28-30-32-34-35-36-37-38-39-40-42-43-45-47-49-51-54-57-60-63-66-72(75)78-69-70(68-77-71(74)65-62-59-56-53-21-18-15-12-9-6-3)79-73(76)67-64-61-58-55-52-50-48-46-44-41-33-31-29-27-25-23-20-17-14-11-8-5-2/h12,15,22,24,28,30,70H,4-11,13-14,16-21,23,25-27,29,31-69H2,1-3H3/b15-12-,24-22-,30-28-. The molecule has 0 amide bonds. The van der Waals surface area contributed by atoms with Crippen LogP contribution in [0.3, 0.4) is 0 Å². The summed E-state index contributed by atoms with van der Waals surface area (Å²) in [6, 6.07) is 0. The second-order valence-electron chi connectivity index (χ2n) is 24.1. The summed E-state index contributed by atoms with van der Waals surface area (Å²) in [7, 11) is 0. The monoisotopic (exact) mass is 1110 g/mol. The molecule has 0 fully saturated rings. The van der Waals surface area contributed by atoms with E-state index in [1.807, 2.05) is 0 Å². The summed E-state index contributed by atoms with van der Waals surface area (Å²) in [4.78, 5) is 38.3. The van der Waals surface area contributed by atoms with Crippen molar-refractivity contribution in [1.82, 2.24) is 0 Å². The summed E-state index contributed by atoms with van der Waals surface area (Å²) in [6.45, 7) is 6.63. The van der Waals surface area contributed by atoms with Crippen LogP contribution in [0.5, 0.6) is 0 Å². The predicted molar refractivity (Wildman–Crippen MR) is 344 cm³/mol. The van der Waals surface area contributed by atoms with E-state index in [0.717, 1.165) is 77.0 Å². The SMILES string of the molecule is CCC/C=C\CCCCCCCC(=O)OCC(COC(=O)CCCCCCCCCCCCCCCCCCC/C=C\C/C=C\CCCCCCC)OC(=O)CCCCCCCCCCCCCCCCCCCCCCCC. The number of ether oxygens (including phenoxy) is 3. The van der Waals surface area contributed by atoms with Crippen molar-refractivity contribution < 1.29 is 28.6 Å². The number of hydrogen-bond donors (Lipinski definition) is 0. The summed E-state index contributed by atoms with van der Waals surface area (Å²) in [6.07, 6.45) is 84.8. The van der Waals surface area contributed by atoms with Crippen LogP contribution in [0, 0.1) is 0 Å². The second kappa shape index (κ2) is 68.1. The van der Waals surface area contributed by atoms with Crippen LogP contribution < -0.4 is 0 Å². The van der Waals surface area contributed by atoms with Gasteiger partial charge in [-0.3, -0.25) is 14.4 Å². The maximum Gasteiger partial charge on any atom is 0.306 e. The molecular formula is C73H136O6. The Bertz CT molecular complexity index is 1320. The molecule has 0 aromatic carbocycles. The van der Waals surface area contributed by atoms with Gasteiger partial charge in [-0.1, -0.05) is 340 Å². The molecule has 0 aliphatic rings. The molecule has 0 rings (SSSR count). The average Bonchev–Trinajstić information content (AvgIpc) is 3.45. The largest absolute Gasteiger partial charge is 0.462 e. The van der Waals surface area contributed by atoms with E-state index in [9.17, 15) is 14.4 Å². The fourth-order valence-corrected chi connectivity index (χ4v) is 10.8. The van der Waals surface area contributed by atoms with Gasteiger partial charge in [0.05, 0.1) is 0 Å². The van der Waals surface area contributed by atoms with Gasteiger partial charge in [0.2, 0.25) is 0 Å². The van der Waals surface area contributed by atoms with E-state index >= 15 is 0 Å². The molecule has 1 atom stereocenters. The molecule has 0 aliphatic heterocycles. The van der Waals surface area contributed by atoms with E-state index in [1.54, 1.807) is 0 Å². The first-order chi connectivity index (χ1) is 39.0. The fraction of sp³-hybridized carbons (Fsp3) is 0.877. The molecule has 0 aromatic heterocycles. The smallest absolute Gasteiger partial charge is 0.306 e. The van der Waals surface area contributed by atoms with Crippen LogP contribution >= 0.6 is 0 Å². The summed E-state index contributed by atoms with van der Waals surface area (Å²) >= 11 is 0. The van der Waals surface area contributed by atoms with Crippen molar-refractivity contribution in [2.24, 2.45) is 0 Å². The lowest BCUT2D eigenvalue weighted by Crippen LogP contribution is -2.30. The zero-order valence-electron chi connectivity index (χ0n) is 53.4. The third-order valence-electron chi connectivity index (χ3n) is 16.1. The Kier molecular flexibility index (Phi) is 66.1. The van der Waals surface area contributed by atoms with Gasteiger partial charge in [0, 0.05) is 19.3 Å². The normalized spacial score (nSPS) is 12.2. The zero-order valence-corrected chi connectivity index (χ0v) is 53.4. The van der Waals surface area contributed by atoms with Crippen LogP contribution in [0.2, 0.25) is 0 Å². The van der Waals surface area contributed by atoms with Crippen LogP contribution in [0.25, 0.3) is 0 Å². The van der Waals surface area contributed by atoms with Crippen molar-refractivity contribution in [2.45, 2.75) is 399 Å². The lowest BCUT2D eigenvalue weighted by Gasteiger charge is -2.18. The highest BCUT2D eigenvalue weighted by Crippen LogP contribution is 2.19. The van der Waals surface area contributed by atoms with Crippen LogP contribution in [-0.4, -0.2) is 37.2 Å². The first kappa shape index (κ1) is 76.6. The highest BCUT2D eigenvalue weighted by molar-refractivity contribution is 5.71. The molecule has 1 unspecified atom stereocenters. The van der Waals surface area contributed by atoms with Crippen molar-refractivity contribution in [2.75, 3.05) is 13.2 Å². The number of carbonyl (C=O) groups is 3. The van der Waals surface area contributed by atoms with Gasteiger partial charge in [-0.2, -0.15) is 0 Å². The minimum absolute atomic E-state index is 0.0692. The molecule has 0 N–H and O–H groups in total. The van der Waals surface area contributed by atoms with Gasteiger partial charge in [0.15, 0.2) is 6.10 Å². The average molecular weight is 1110 g/mol. The maximum absolute atomic E-state index is 12.9. The van der Waals surface area contributed by atoms with Crippen LogP contribution in [0.15, 0.2) is 36.5 Å². The van der Waals surface area contributed by atoms with Gasteiger partial charge in [-0.15, -0.1) is 0 Å². The van der Waals surface area contributed by atoms with Gasteiger partial charge in [0.25, 0.3) is 0 Å². The Hall–Kier alpha value is -2.37. The van der Waals surface area contributed by atoms with Gasteiger partial charge in [0.1, 0.15) is 13.2 Å². The molecule has 0 aromatic rings. The predicted octanol–water partition coefficient (Wildman–Crippen LogP) is 24.3. The van der Waals surface area contributed by atoms with E-state index in [1.165, 1.54) is 276 Å². The van der Waals surface area contributed by atoms with Crippen molar-refractivity contribution in [3.63, 3.8) is 0 Å². The van der Waals surface area contributed by atoms with E-state index in [-0.39, 0.29) is 31.1 Å². The highest BCUT2D eigenvalue weighted by atomic mass is 16.6. The van der Waals surface area contributed by atoms with Gasteiger partial charge >= 0.3 is 17.9 Å². The molecule has 0 heterocycles. The number of esters is 3. The summed E-state index contributed by atoms with van der Waals surface area (Å²) in [5.41, 5.74) is 0. The van der Waals surface area contributed by atoms with E-state index in [0.29, 0.717) is 19.3 Å². The van der Waals surface area contributed by atoms with Gasteiger partial charge < -0.3 is 14.2 Å². The Morgan fingerprint density at radius 2 is 0.481 bits per heavy atom. The molecule has 79 heavy (non-hydrogen) atoms. The Labute approximate surface area is 493 Å². The Morgan fingerprint density at radius 1 is 0.253 bits per heavy atom. The minimum Gasteiger partial charge on any atom is -0.462 e. The zero-order chi connectivity index (χ0) is 57.1. The van der Waals surface area contributed by atoms with Crippen molar-refractivity contribution >= 4 is 17.9 Å². The highest BCUT2D eigenvalue weighted by Gasteiger charge is 2.19. The molecule has 0 aliphatic carbocycles. The topological polar surface area (TPSA) is 78.9 Å². The molecule has 6 nitrogen and oxygen atoms in total. The molecule has 464 valence electrons. The fourth-order valence-electron chi connectivity index (χ4n) is 10.8. The Balaban J connectivity index is 4.11. The van der Waals surface area contributed by atoms with Crippen molar-refractivity contribution in [1.29, 1.82) is 0 Å². The van der Waals surface area contributed by atoms with Crippen LogP contribution in [-0.2, 0) is 28.6 Å². The molecular weight excluding hydrogens is 973 g/mol. The molecule has 0 saturated carbocycles. The summed E-state index contributed by atoms with van der Waals surface area (Å²) in [5, 5.41) is 0. The minimum atomic E-state index is -0.772. The number of unbranched alkanes of at least 4 members (excludes halogenated alkanes) is 49. The molecule has 0 radical (unpaired) electrons. The first-order valence-corrected chi connectivity index (χ1v) is 35.5. The number of carbonyl (C=O) groups excluding carboxylic acids is 3. The van der Waals surface area contributed by atoms with E-state index < -0.39 is 6.10 Å². The summed E-state index contributed by atoms with van der Waals surface area (Å²) in [5.74, 6) is -0.852. The molecule has 0 saturated heterocycles. The lowest BCUT2D eigenvalue weighted by molar-refractivity contribution is -0.167. The van der Waals surface area contributed by atoms with Gasteiger partial charge in [-0.25, -0.2) is 0 Å². The van der Waals surface area contributed by atoms with Crippen LogP contribution in [0.4, 0.5) is 0 Å². The van der Waals surface area contributed by atoms with Crippen molar-refractivity contribution in [3.8, 4) is 0 Å². The van der Waals surface area contributed by atoms with Gasteiger partial charge in [-0.05, 0) is 70.6 Å². The van der Waals surface area contributed by atoms with Crippen LogP contribution in [0.1, 0.15) is 393 Å². The van der Waals surface area contributed by atoms with Crippen molar-refractivity contribution in [3.05, 3.63) is 36.5 Å². The molecule has 6 heteroatoms. The third-order valence-corrected chi connectivity index (χ3v) is 16.1. The van der Waals surface area contributed by atoms with E-state index in [2.05, 4.69) is 57.2 Å².